The third kappa shape index (κ3) is 6.12. The summed E-state index contributed by atoms with van der Waals surface area (Å²) >= 11 is 0. The summed E-state index contributed by atoms with van der Waals surface area (Å²) in [5.74, 6) is 0.248. The van der Waals surface area contributed by atoms with Crippen molar-refractivity contribution in [3.63, 3.8) is 0 Å². The van der Waals surface area contributed by atoms with E-state index in [0.29, 0.717) is 12.0 Å². The van der Waals surface area contributed by atoms with Gasteiger partial charge in [0.15, 0.2) is 0 Å². The van der Waals surface area contributed by atoms with Gasteiger partial charge in [0.25, 0.3) is 0 Å². The largest absolute Gasteiger partial charge is 0.381 e. The third-order valence-electron chi connectivity index (χ3n) is 2.81. The minimum Gasteiger partial charge on any atom is -0.381 e. The van der Waals surface area contributed by atoms with E-state index < -0.39 is 0 Å². The van der Waals surface area contributed by atoms with Gasteiger partial charge in [-0.3, -0.25) is 0 Å². The summed E-state index contributed by atoms with van der Waals surface area (Å²) in [5, 5.41) is 3.43. The van der Waals surface area contributed by atoms with E-state index >= 15 is 0 Å². The molecule has 3 heteroatoms. The van der Waals surface area contributed by atoms with Crippen molar-refractivity contribution < 1.29 is 9.13 Å². The minimum absolute atomic E-state index is 0.180. The third-order valence-corrected chi connectivity index (χ3v) is 2.81. The first kappa shape index (κ1) is 15.1. The van der Waals surface area contributed by atoms with Crippen LogP contribution >= 0.6 is 0 Å². The Morgan fingerprint density at radius 2 is 1.89 bits per heavy atom. The molecule has 1 rings (SSSR count). The standard InChI is InChI=1S/C15H24FNO/c1-4-18-11-14(10-17-12(2)3)9-13-5-7-15(16)8-6-13/h5-8,12,14,17H,4,9-11H2,1-3H3. The highest BCUT2D eigenvalue weighted by molar-refractivity contribution is 5.16. The van der Waals surface area contributed by atoms with Crippen LogP contribution in [-0.4, -0.2) is 25.8 Å². The highest BCUT2D eigenvalue weighted by Gasteiger charge is 2.10. The maximum absolute atomic E-state index is 12.8. The van der Waals surface area contributed by atoms with Gasteiger partial charge in [-0.05, 0) is 37.0 Å². The molecule has 0 amide bonds. The van der Waals surface area contributed by atoms with E-state index in [1.165, 1.54) is 12.1 Å². The molecule has 1 aromatic carbocycles. The van der Waals surface area contributed by atoms with Crippen molar-refractivity contribution in [3.8, 4) is 0 Å². The van der Waals surface area contributed by atoms with Gasteiger partial charge in [-0.2, -0.15) is 0 Å². The fourth-order valence-corrected chi connectivity index (χ4v) is 1.83. The van der Waals surface area contributed by atoms with Gasteiger partial charge in [0.05, 0.1) is 6.61 Å². The van der Waals surface area contributed by atoms with Gasteiger partial charge in [-0.25, -0.2) is 4.39 Å². The predicted octanol–water partition coefficient (Wildman–Crippen LogP) is 3.02. The summed E-state index contributed by atoms with van der Waals surface area (Å²) in [4.78, 5) is 0. The highest BCUT2D eigenvalue weighted by Crippen LogP contribution is 2.10. The molecule has 0 aliphatic heterocycles. The van der Waals surface area contributed by atoms with Crippen LogP contribution in [0.1, 0.15) is 26.3 Å². The lowest BCUT2D eigenvalue weighted by Crippen LogP contribution is -2.32. The SMILES string of the molecule is CCOCC(CNC(C)C)Cc1ccc(F)cc1. The van der Waals surface area contributed by atoms with Gasteiger partial charge in [-0.15, -0.1) is 0 Å². The molecule has 0 radical (unpaired) electrons. The maximum Gasteiger partial charge on any atom is 0.123 e. The van der Waals surface area contributed by atoms with Gasteiger partial charge in [0, 0.05) is 19.2 Å². The minimum atomic E-state index is -0.180. The number of hydrogen-bond donors (Lipinski definition) is 1. The molecule has 0 aromatic heterocycles. The van der Waals surface area contributed by atoms with Crippen LogP contribution in [0.3, 0.4) is 0 Å². The Bertz CT molecular complexity index is 324. The smallest absolute Gasteiger partial charge is 0.123 e. The van der Waals surface area contributed by atoms with E-state index in [-0.39, 0.29) is 5.82 Å². The highest BCUT2D eigenvalue weighted by atomic mass is 19.1. The Balaban J connectivity index is 2.50. The first-order valence-electron chi connectivity index (χ1n) is 6.67. The fourth-order valence-electron chi connectivity index (χ4n) is 1.83. The van der Waals surface area contributed by atoms with Gasteiger partial charge in [-0.1, -0.05) is 26.0 Å². The summed E-state index contributed by atoms with van der Waals surface area (Å²) in [6.45, 7) is 8.68. The Morgan fingerprint density at radius 1 is 1.22 bits per heavy atom. The molecular weight excluding hydrogens is 229 g/mol. The maximum atomic E-state index is 12.8. The summed E-state index contributed by atoms with van der Waals surface area (Å²) in [5.41, 5.74) is 1.16. The van der Waals surface area contributed by atoms with Crippen LogP contribution < -0.4 is 5.32 Å². The first-order valence-corrected chi connectivity index (χ1v) is 6.67. The molecule has 0 saturated carbocycles. The monoisotopic (exact) mass is 253 g/mol. The quantitative estimate of drug-likeness (QED) is 0.769. The molecule has 0 heterocycles. The van der Waals surface area contributed by atoms with Crippen LogP contribution in [0, 0.1) is 11.7 Å². The molecule has 102 valence electrons. The zero-order valence-corrected chi connectivity index (χ0v) is 11.6. The number of halogens is 1. The van der Waals surface area contributed by atoms with Gasteiger partial charge < -0.3 is 10.1 Å². The average molecular weight is 253 g/mol. The Morgan fingerprint density at radius 3 is 2.44 bits per heavy atom. The molecule has 0 saturated heterocycles. The summed E-state index contributed by atoms with van der Waals surface area (Å²) in [6.07, 6.45) is 0.917. The van der Waals surface area contributed by atoms with Gasteiger partial charge >= 0.3 is 0 Å². The van der Waals surface area contributed by atoms with E-state index in [0.717, 1.165) is 31.7 Å². The van der Waals surface area contributed by atoms with Crippen LogP contribution in [-0.2, 0) is 11.2 Å². The number of nitrogens with one attached hydrogen (secondary N) is 1. The predicted molar refractivity (Wildman–Crippen MR) is 73.2 cm³/mol. The molecule has 0 bridgehead atoms. The molecule has 1 atom stereocenters. The number of benzene rings is 1. The number of rotatable bonds is 8. The fraction of sp³-hybridized carbons (Fsp3) is 0.600. The van der Waals surface area contributed by atoms with E-state index in [1.807, 2.05) is 19.1 Å². The van der Waals surface area contributed by atoms with E-state index in [4.69, 9.17) is 4.74 Å². The van der Waals surface area contributed by atoms with Crippen molar-refractivity contribution in [2.75, 3.05) is 19.8 Å². The van der Waals surface area contributed by atoms with Crippen molar-refractivity contribution in [2.45, 2.75) is 33.2 Å². The van der Waals surface area contributed by atoms with Crippen molar-refractivity contribution in [1.29, 1.82) is 0 Å². The van der Waals surface area contributed by atoms with Crippen LogP contribution in [0.25, 0.3) is 0 Å². The zero-order chi connectivity index (χ0) is 13.4. The van der Waals surface area contributed by atoms with E-state index in [9.17, 15) is 4.39 Å². The summed E-state index contributed by atoms with van der Waals surface area (Å²) in [6, 6.07) is 7.21. The van der Waals surface area contributed by atoms with E-state index in [1.54, 1.807) is 0 Å². The average Bonchev–Trinajstić information content (AvgIpc) is 2.35. The van der Waals surface area contributed by atoms with Crippen LogP contribution in [0.15, 0.2) is 24.3 Å². The van der Waals surface area contributed by atoms with Crippen LogP contribution in [0.4, 0.5) is 4.39 Å². The topological polar surface area (TPSA) is 21.3 Å². The molecule has 0 aliphatic carbocycles. The molecule has 0 spiro atoms. The molecule has 1 aromatic rings. The molecular formula is C15H24FNO. The van der Waals surface area contributed by atoms with E-state index in [2.05, 4.69) is 19.2 Å². The van der Waals surface area contributed by atoms with Crippen molar-refractivity contribution >= 4 is 0 Å². The van der Waals surface area contributed by atoms with Crippen molar-refractivity contribution in [2.24, 2.45) is 5.92 Å². The second-order valence-electron chi connectivity index (χ2n) is 4.92. The van der Waals surface area contributed by atoms with Gasteiger partial charge in [0.1, 0.15) is 5.82 Å². The van der Waals surface area contributed by atoms with Crippen LogP contribution in [0.5, 0.6) is 0 Å². The molecule has 0 fully saturated rings. The Kier molecular flexibility index (Phi) is 6.91. The van der Waals surface area contributed by atoms with Gasteiger partial charge in [0.2, 0.25) is 0 Å². The van der Waals surface area contributed by atoms with Crippen LogP contribution in [0.2, 0.25) is 0 Å². The Hall–Kier alpha value is -0.930. The summed E-state index contributed by atoms with van der Waals surface area (Å²) < 4.78 is 18.4. The summed E-state index contributed by atoms with van der Waals surface area (Å²) in [7, 11) is 0. The second kappa shape index (κ2) is 8.22. The van der Waals surface area contributed by atoms with Crippen molar-refractivity contribution in [3.05, 3.63) is 35.6 Å². The number of ether oxygens (including phenoxy) is 1. The molecule has 18 heavy (non-hydrogen) atoms. The Labute approximate surface area is 110 Å². The molecule has 0 aliphatic rings. The number of hydrogen-bond acceptors (Lipinski definition) is 2. The van der Waals surface area contributed by atoms with Crippen molar-refractivity contribution in [1.82, 2.24) is 5.32 Å². The lowest BCUT2D eigenvalue weighted by molar-refractivity contribution is 0.109. The lowest BCUT2D eigenvalue weighted by Gasteiger charge is -2.19. The molecule has 1 N–H and O–H groups in total. The molecule has 2 nitrogen and oxygen atoms in total. The zero-order valence-electron chi connectivity index (χ0n) is 11.6. The first-order chi connectivity index (χ1) is 8.61. The second-order valence-corrected chi connectivity index (χ2v) is 4.92. The molecule has 1 unspecified atom stereocenters. The lowest BCUT2D eigenvalue weighted by atomic mass is 9.99. The normalized spacial score (nSPS) is 12.9.